The minimum Gasteiger partial charge on any atom is -0.380 e. The summed E-state index contributed by atoms with van der Waals surface area (Å²) < 4.78 is 11.0. The van der Waals surface area contributed by atoms with Crippen molar-refractivity contribution in [2.75, 3.05) is 40.4 Å². The van der Waals surface area contributed by atoms with Gasteiger partial charge in [0.2, 0.25) is 0 Å². The molecule has 1 unspecified atom stereocenters. The van der Waals surface area contributed by atoms with Gasteiger partial charge in [0.05, 0.1) is 19.3 Å². The molecule has 1 aromatic carbocycles. The maximum atomic E-state index is 5.74. The SMILES string of the molecule is COCc1ccccc1CNCC1CN(C)CCO1. The summed E-state index contributed by atoms with van der Waals surface area (Å²) in [7, 11) is 3.87. The highest BCUT2D eigenvalue weighted by Crippen LogP contribution is 2.10. The van der Waals surface area contributed by atoms with Crippen LogP contribution in [0.1, 0.15) is 11.1 Å². The van der Waals surface area contributed by atoms with E-state index in [2.05, 4.69) is 41.5 Å². The molecule has 0 radical (unpaired) electrons. The van der Waals surface area contributed by atoms with Gasteiger partial charge in [-0.05, 0) is 18.2 Å². The second kappa shape index (κ2) is 7.60. The third-order valence-electron chi connectivity index (χ3n) is 3.45. The van der Waals surface area contributed by atoms with Crippen LogP contribution in [0.4, 0.5) is 0 Å². The van der Waals surface area contributed by atoms with Crippen molar-refractivity contribution in [3.05, 3.63) is 35.4 Å². The Hall–Kier alpha value is -0.940. The molecule has 0 saturated carbocycles. The molecule has 0 bridgehead atoms. The lowest BCUT2D eigenvalue weighted by molar-refractivity contribution is -0.0182. The monoisotopic (exact) mass is 264 g/mol. The number of likely N-dealkylation sites (N-methyl/N-ethyl adjacent to an activating group) is 1. The summed E-state index contributed by atoms with van der Waals surface area (Å²) in [6.45, 7) is 5.30. The number of hydrogen-bond acceptors (Lipinski definition) is 4. The van der Waals surface area contributed by atoms with E-state index in [-0.39, 0.29) is 0 Å². The molecule has 1 atom stereocenters. The third kappa shape index (κ3) is 4.58. The Morgan fingerprint density at radius 1 is 1.37 bits per heavy atom. The van der Waals surface area contributed by atoms with Gasteiger partial charge in [-0.3, -0.25) is 0 Å². The van der Waals surface area contributed by atoms with Gasteiger partial charge in [0, 0.05) is 33.3 Å². The van der Waals surface area contributed by atoms with Crippen molar-refractivity contribution >= 4 is 0 Å². The zero-order chi connectivity index (χ0) is 13.5. The predicted molar refractivity (Wildman–Crippen MR) is 76.1 cm³/mol. The van der Waals surface area contributed by atoms with Gasteiger partial charge in [-0.15, -0.1) is 0 Å². The summed E-state index contributed by atoms with van der Waals surface area (Å²) in [6.07, 6.45) is 0.299. The fourth-order valence-corrected chi connectivity index (χ4v) is 2.38. The Kier molecular flexibility index (Phi) is 5.79. The van der Waals surface area contributed by atoms with Crippen LogP contribution in [0.3, 0.4) is 0 Å². The highest BCUT2D eigenvalue weighted by atomic mass is 16.5. The van der Waals surface area contributed by atoms with E-state index in [1.165, 1.54) is 11.1 Å². The van der Waals surface area contributed by atoms with Crippen molar-refractivity contribution in [2.45, 2.75) is 19.3 Å². The number of morpholine rings is 1. The number of methoxy groups -OCH3 is 1. The molecule has 106 valence electrons. The smallest absolute Gasteiger partial charge is 0.0826 e. The summed E-state index contributed by atoms with van der Waals surface area (Å²) in [4.78, 5) is 2.31. The molecule has 1 heterocycles. The first-order chi connectivity index (χ1) is 9.29. The maximum absolute atomic E-state index is 5.74. The molecule has 1 N–H and O–H groups in total. The summed E-state index contributed by atoms with van der Waals surface area (Å²) in [6, 6.07) is 8.39. The lowest BCUT2D eigenvalue weighted by Gasteiger charge is -2.30. The Morgan fingerprint density at radius 3 is 2.89 bits per heavy atom. The molecule has 0 amide bonds. The van der Waals surface area contributed by atoms with E-state index in [0.29, 0.717) is 12.7 Å². The van der Waals surface area contributed by atoms with Gasteiger partial charge < -0.3 is 19.7 Å². The normalized spacial score (nSPS) is 20.6. The Bertz CT molecular complexity index is 384. The molecule has 0 aromatic heterocycles. The topological polar surface area (TPSA) is 33.7 Å². The van der Waals surface area contributed by atoms with Crippen molar-refractivity contribution < 1.29 is 9.47 Å². The lowest BCUT2D eigenvalue weighted by atomic mass is 10.1. The quantitative estimate of drug-likeness (QED) is 0.838. The van der Waals surface area contributed by atoms with Gasteiger partial charge in [-0.25, -0.2) is 0 Å². The molecular formula is C15H24N2O2. The van der Waals surface area contributed by atoms with Crippen LogP contribution in [-0.2, 0) is 22.6 Å². The minimum atomic E-state index is 0.299. The van der Waals surface area contributed by atoms with E-state index < -0.39 is 0 Å². The molecule has 4 heteroatoms. The molecule has 1 aromatic rings. The molecule has 19 heavy (non-hydrogen) atoms. The molecular weight excluding hydrogens is 240 g/mol. The highest BCUT2D eigenvalue weighted by Gasteiger charge is 2.16. The molecule has 0 aliphatic carbocycles. The summed E-state index contributed by atoms with van der Waals surface area (Å²) >= 11 is 0. The number of benzene rings is 1. The van der Waals surface area contributed by atoms with E-state index >= 15 is 0 Å². The second-order valence-electron chi connectivity index (χ2n) is 5.09. The van der Waals surface area contributed by atoms with Crippen LogP contribution < -0.4 is 5.32 Å². The second-order valence-corrected chi connectivity index (χ2v) is 5.09. The Labute approximate surface area is 115 Å². The van der Waals surface area contributed by atoms with E-state index in [1.54, 1.807) is 7.11 Å². The highest BCUT2D eigenvalue weighted by molar-refractivity contribution is 5.26. The van der Waals surface area contributed by atoms with E-state index in [9.17, 15) is 0 Å². The zero-order valence-electron chi connectivity index (χ0n) is 11.9. The number of rotatable bonds is 6. The van der Waals surface area contributed by atoms with Crippen LogP contribution in [0.25, 0.3) is 0 Å². The number of hydrogen-bond donors (Lipinski definition) is 1. The van der Waals surface area contributed by atoms with Crippen LogP contribution in [0.5, 0.6) is 0 Å². The van der Waals surface area contributed by atoms with E-state index in [0.717, 1.165) is 32.8 Å². The maximum Gasteiger partial charge on any atom is 0.0826 e. The molecule has 1 aliphatic heterocycles. The number of nitrogens with zero attached hydrogens (tertiary/aromatic N) is 1. The predicted octanol–water partition coefficient (Wildman–Crippen LogP) is 1.25. The summed E-state index contributed by atoms with van der Waals surface area (Å²) in [5, 5.41) is 3.48. The molecule has 4 nitrogen and oxygen atoms in total. The van der Waals surface area contributed by atoms with Crippen molar-refractivity contribution in [1.82, 2.24) is 10.2 Å². The number of nitrogens with one attached hydrogen (secondary N) is 1. The van der Waals surface area contributed by atoms with Crippen molar-refractivity contribution in [3.8, 4) is 0 Å². The summed E-state index contributed by atoms with van der Waals surface area (Å²) in [5.74, 6) is 0. The average molecular weight is 264 g/mol. The van der Waals surface area contributed by atoms with E-state index in [1.807, 2.05) is 0 Å². The van der Waals surface area contributed by atoms with Gasteiger partial charge in [-0.2, -0.15) is 0 Å². The van der Waals surface area contributed by atoms with Crippen molar-refractivity contribution in [1.29, 1.82) is 0 Å². The standard InChI is InChI=1S/C15H24N2O2/c1-17-7-8-19-15(11-17)10-16-9-13-5-3-4-6-14(13)12-18-2/h3-6,15-16H,7-12H2,1-2H3. The largest absolute Gasteiger partial charge is 0.380 e. The molecule has 2 rings (SSSR count). The van der Waals surface area contributed by atoms with Gasteiger partial charge in [0.15, 0.2) is 0 Å². The van der Waals surface area contributed by atoms with Gasteiger partial charge in [0.1, 0.15) is 0 Å². The van der Waals surface area contributed by atoms with Crippen LogP contribution >= 0.6 is 0 Å². The fourth-order valence-electron chi connectivity index (χ4n) is 2.38. The first-order valence-corrected chi connectivity index (χ1v) is 6.86. The van der Waals surface area contributed by atoms with Crippen molar-refractivity contribution in [2.24, 2.45) is 0 Å². The lowest BCUT2D eigenvalue weighted by Crippen LogP contribution is -2.44. The minimum absolute atomic E-state index is 0.299. The Morgan fingerprint density at radius 2 is 2.16 bits per heavy atom. The first-order valence-electron chi connectivity index (χ1n) is 6.86. The average Bonchev–Trinajstić information content (AvgIpc) is 2.41. The van der Waals surface area contributed by atoms with Crippen LogP contribution in [0.15, 0.2) is 24.3 Å². The van der Waals surface area contributed by atoms with Crippen molar-refractivity contribution in [3.63, 3.8) is 0 Å². The molecule has 1 saturated heterocycles. The van der Waals surface area contributed by atoms with Gasteiger partial charge in [0.25, 0.3) is 0 Å². The summed E-state index contributed by atoms with van der Waals surface area (Å²) in [5.41, 5.74) is 2.55. The first kappa shape index (κ1) is 14.5. The van der Waals surface area contributed by atoms with E-state index in [4.69, 9.17) is 9.47 Å². The zero-order valence-corrected chi connectivity index (χ0v) is 11.9. The Balaban J connectivity index is 1.78. The van der Waals surface area contributed by atoms with Gasteiger partial charge >= 0.3 is 0 Å². The molecule has 1 aliphatic rings. The van der Waals surface area contributed by atoms with Crippen LogP contribution in [-0.4, -0.2) is 51.4 Å². The molecule has 1 fully saturated rings. The molecule has 0 spiro atoms. The third-order valence-corrected chi connectivity index (χ3v) is 3.45. The van der Waals surface area contributed by atoms with Crippen LogP contribution in [0.2, 0.25) is 0 Å². The number of ether oxygens (including phenoxy) is 2. The van der Waals surface area contributed by atoms with Gasteiger partial charge in [-0.1, -0.05) is 24.3 Å². The fraction of sp³-hybridized carbons (Fsp3) is 0.600. The van der Waals surface area contributed by atoms with Crippen LogP contribution in [0, 0.1) is 0 Å².